The molecule has 26 heavy (non-hydrogen) atoms. The number of anilines is 2. The van der Waals surface area contributed by atoms with Gasteiger partial charge in [-0.3, -0.25) is 19.2 Å². The number of rotatable bonds is 4. The summed E-state index contributed by atoms with van der Waals surface area (Å²) >= 11 is 11.0. The number of hydrogen-bond acceptors (Lipinski definition) is 4. The number of halogens is 2. The Bertz CT molecular complexity index is 879. The molecule has 0 aliphatic heterocycles. The van der Waals surface area contributed by atoms with Crippen LogP contribution in [0.15, 0.2) is 36.4 Å². The molecule has 2 amide bonds. The Hall–Kier alpha value is -2.70. The van der Waals surface area contributed by atoms with Crippen LogP contribution in [-0.2, 0) is 9.59 Å². The van der Waals surface area contributed by atoms with E-state index in [2.05, 4.69) is 10.6 Å². The molecule has 0 unspecified atom stereocenters. The number of carbonyl (C=O) groups excluding carboxylic acids is 4. The molecule has 0 spiro atoms. The standard InChI is InChI=1S/C18H12Cl2N2O4/c19-7-13(23)21-11-5-1-3-9-15(11)18(26)10-4-2-6-12(16(10)17(9)25)22-14(24)8-20/h1-6H,7-8H2,(H,21,23)(H,22,24). The van der Waals surface area contributed by atoms with Gasteiger partial charge in [-0.25, -0.2) is 0 Å². The lowest BCUT2D eigenvalue weighted by atomic mass is 9.82. The number of hydrogen-bond donors (Lipinski definition) is 2. The van der Waals surface area contributed by atoms with E-state index in [1.165, 1.54) is 24.3 Å². The maximum Gasteiger partial charge on any atom is 0.239 e. The summed E-state index contributed by atoms with van der Waals surface area (Å²) in [5, 5.41) is 5.05. The van der Waals surface area contributed by atoms with Gasteiger partial charge in [-0.05, 0) is 12.1 Å². The van der Waals surface area contributed by atoms with Gasteiger partial charge in [-0.2, -0.15) is 0 Å². The average Bonchev–Trinajstić information content (AvgIpc) is 2.65. The molecule has 8 heteroatoms. The van der Waals surface area contributed by atoms with Gasteiger partial charge in [0.1, 0.15) is 11.8 Å². The quantitative estimate of drug-likeness (QED) is 0.669. The monoisotopic (exact) mass is 390 g/mol. The summed E-state index contributed by atoms with van der Waals surface area (Å²) in [5.74, 6) is -2.40. The summed E-state index contributed by atoms with van der Waals surface area (Å²) in [7, 11) is 0. The molecule has 0 saturated carbocycles. The number of carbonyl (C=O) groups is 4. The SMILES string of the molecule is O=C(CCl)Nc1cccc2c1C(=O)c1cccc(NC(=O)CCl)c1C2=O. The third kappa shape index (κ3) is 3.09. The van der Waals surface area contributed by atoms with Crippen molar-refractivity contribution in [2.45, 2.75) is 0 Å². The van der Waals surface area contributed by atoms with Crippen molar-refractivity contribution in [3.63, 3.8) is 0 Å². The van der Waals surface area contributed by atoms with Crippen LogP contribution in [0, 0.1) is 0 Å². The minimum atomic E-state index is -0.491. The van der Waals surface area contributed by atoms with Crippen molar-refractivity contribution < 1.29 is 19.2 Å². The van der Waals surface area contributed by atoms with E-state index in [0.29, 0.717) is 0 Å². The molecule has 0 fully saturated rings. The van der Waals surface area contributed by atoms with Crippen molar-refractivity contribution in [3.05, 3.63) is 58.7 Å². The van der Waals surface area contributed by atoms with Crippen molar-refractivity contribution in [2.24, 2.45) is 0 Å². The van der Waals surface area contributed by atoms with Crippen molar-refractivity contribution in [2.75, 3.05) is 22.4 Å². The van der Waals surface area contributed by atoms with Gasteiger partial charge in [0, 0.05) is 11.1 Å². The Kier molecular flexibility index (Phi) is 5.06. The van der Waals surface area contributed by atoms with Crippen LogP contribution in [0.25, 0.3) is 0 Å². The van der Waals surface area contributed by atoms with Crippen LogP contribution in [0.1, 0.15) is 31.8 Å². The van der Waals surface area contributed by atoms with Crippen molar-refractivity contribution >= 4 is 58.0 Å². The van der Waals surface area contributed by atoms with Gasteiger partial charge in [0.05, 0.1) is 22.5 Å². The second kappa shape index (κ2) is 7.27. The Morgan fingerprint density at radius 2 is 1.12 bits per heavy atom. The number of amides is 2. The van der Waals surface area contributed by atoms with Gasteiger partial charge in [0.25, 0.3) is 0 Å². The Morgan fingerprint density at radius 3 is 1.46 bits per heavy atom. The Morgan fingerprint density at radius 1 is 0.731 bits per heavy atom. The van der Waals surface area contributed by atoms with Gasteiger partial charge in [-0.1, -0.05) is 24.3 Å². The highest BCUT2D eigenvalue weighted by Crippen LogP contribution is 2.35. The Balaban J connectivity index is 2.14. The van der Waals surface area contributed by atoms with Crippen molar-refractivity contribution in [3.8, 4) is 0 Å². The molecule has 3 rings (SSSR count). The summed E-state index contributed by atoms with van der Waals surface area (Å²) in [6, 6.07) is 9.15. The van der Waals surface area contributed by atoms with Crippen LogP contribution < -0.4 is 10.6 Å². The third-order valence-corrected chi connectivity index (χ3v) is 4.35. The summed E-state index contributed by atoms with van der Waals surface area (Å²) < 4.78 is 0. The maximum atomic E-state index is 13.0. The number of alkyl halides is 2. The normalized spacial score (nSPS) is 12.2. The number of ketones is 2. The van der Waals surface area contributed by atoms with Gasteiger partial charge < -0.3 is 10.6 Å². The molecule has 0 radical (unpaired) electrons. The van der Waals surface area contributed by atoms with Gasteiger partial charge in [0.15, 0.2) is 11.6 Å². The van der Waals surface area contributed by atoms with Crippen LogP contribution in [-0.4, -0.2) is 35.1 Å². The fourth-order valence-corrected chi connectivity index (χ4v) is 2.95. The van der Waals surface area contributed by atoms with E-state index in [-0.39, 0.29) is 45.4 Å². The molecule has 2 N–H and O–H groups in total. The first-order valence-electron chi connectivity index (χ1n) is 7.55. The molecule has 0 aromatic heterocycles. The molecule has 0 bridgehead atoms. The van der Waals surface area contributed by atoms with E-state index < -0.39 is 23.4 Å². The van der Waals surface area contributed by atoms with Crippen LogP contribution in [0.5, 0.6) is 0 Å². The molecule has 2 aromatic rings. The van der Waals surface area contributed by atoms with E-state index in [9.17, 15) is 19.2 Å². The smallest absolute Gasteiger partial charge is 0.239 e. The molecule has 0 heterocycles. The van der Waals surface area contributed by atoms with E-state index in [0.717, 1.165) is 0 Å². The average molecular weight is 391 g/mol. The molecule has 0 atom stereocenters. The lowest BCUT2D eigenvalue weighted by Crippen LogP contribution is -2.26. The van der Waals surface area contributed by atoms with Crippen LogP contribution in [0.3, 0.4) is 0 Å². The minimum absolute atomic E-state index is 0.101. The summed E-state index contributed by atoms with van der Waals surface area (Å²) in [4.78, 5) is 49.2. The molecule has 6 nitrogen and oxygen atoms in total. The van der Waals surface area contributed by atoms with Gasteiger partial charge in [0.2, 0.25) is 11.8 Å². The second-order valence-corrected chi connectivity index (χ2v) is 6.01. The summed E-state index contributed by atoms with van der Waals surface area (Å²) in [6.45, 7) is 0. The number of benzene rings is 2. The molecule has 2 aromatic carbocycles. The zero-order valence-electron chi connectivity index (χ0n) is 13.3. The number of fused-ring (bicyclic) bond motifs is 2. The van der Waals surface area contributed by atoms with Crippen LogP contribution in [0.2, 0.25) is 0 Å². The van der Waals surface area contributed by atoms with Crippen LogP contribution in [0.4, 0.5) is 11.4 Å². The topological polar surface area (TPSA) is 92.3 Å². The third-order valence-electron chi connectivity index (χ3n) is 3.86. The predicted octanol–water partition coefficient (Wildman–Crippen LogP) is 2.82. The first-order valence-corrected chi connectivity index (χ1v) is 8.62. The molecular weight excluding hydrogens is 379 g/mol. The van der Waals surface area contributed by atoms with E-state index in [4.69, 9.17) is 23.2 Å². The van der Waals surface area contributed by atoms with E-state index in [1.54, 1.807) is 12.1 Å². The minimum Gasteiger partial charge on any atom is -0.324 e. The fraction of sp³-hybridized carbons (Fsp3) is 0.111. The first kappa shape index (κ1) is 18.1. The van der Waals surface area contributed by atoms with E-state index in [1.807, 2.05) is 0 Å². The predicted molar refractivity (Wildman–Crippen MR) is 98.4 cm³/mol. The van der Waals surface area contributed by atoms with Crippen LogP contribution >= 0.6 is 23.2 Å². The molecular formula is C18H12Cl2N2O4. The van der Waals surface area contributed by atoms with Gasteiger partial charge >= 0.3 is 0 Å². The van der Waals surface area contributed by atoms with E-state index >= 15 is 0 Å². The lowest BCUT2D eigenvalue weighted by molar-refractivity contribution is -0.114. The molecule has 1 aliphatic rings. The first-order chi connectivity index (χ1) is 12.5. The van der Waals surface area contributed by atoms with Crippen molar-refractivity contribution in [1.29, 1.82) is 0 Å². The second-order valence-electron chi connectivity index (χ2n) is 5.48. The molecule has 1 aliphatic carbocycles. The largest absolute Gasteiger partial charge is 0.324 e. The lowest BCUT2D eigenvalue weighted by Gasteiger charge is -2.22. The fourth-order valence-electron chi connectivity index (χ4n) is 2.82. The summed E-state index contributed by atoms with van der Waals surface area (Å²) in [6.07, 6.45) is 0. The number of nitrogens with one attached hydrogen (secondary N) is 2. The van der Waals surface area contributed by atoms with Gasteiger partial charge in [-0.15, -0.1) is 23.2 Å². The molecule has 132 valence electrons. The highest BCUT2D eigenvalue weighted by Gasteiger charge is 2.34. The zero-order chi connectivity index (χ0) is 18.8. The Labute approximate surface area is 158 Å². The zero-order valence-corrected chi connectivity index (χ0v) is 14.8. The highest BCUT2D eigenvalue weighted by molar-refractivity contribution is 6.34. The maximum absolute atomic E-state index is 13.0. The highest BCUT2D eigenvalue weighted by atomic mass is 35.5. The van der Waals surface area contributed by atoms with Crippen molar-refractivity contribution in [1.82, 2.24) is 0 Å². The summed E-state index contributed by atoms with van der Waals surface area (Å²) in [5.41, 5.74) is 0.915. The molecule has 0 saturated heterocycles.